The minimum Gasteiger partial charge on any atom is -0.326 e. The highest BCUT2D eigenvalue weighted by atomic mass is 32.1. The summed E-state index contributed by atoms with van der Waals surface area (Å²) >= 11 is 1.85. The lowest BCUT2D eigenvalue weighted by Crippen LogP contribution is -1.96. The third-order valence-corrected chi connectivity index (χ3v) is 3.72. The minimum atomic E-state index is 0.648. The minimum absolute atomic E-state index is 0.648. The van der Waals surface area contributed by atoms with Crippen LogP contribution in [-0.4, -0.2) is 0 Å². The Bertz CT molecular complexity index is 443. The van der Waals surface area contributed by atoms with Gasteiger partial charge >= 0.3 is 0 Å². The van der Waals surface area contributed by atoms with Gasteiger partial charge in [-0.25, -0.2) is 0 Å². The van der Waals surface area contributed by atoms with Gasteiger partial charge in [0, 0.05) is 16.1 Å². The van der Waals surface area contributed by atoms with Crippen LogP contribution in [0.25, 0.3) is 10.1 Å². The standard InChI is InChI=1S/C11H13NS/c1-7-4-3-5-9-10(6-12)8(2)13-11(7)9/h3-5H,6,12H2,1-2H3. The molecule has 2 heteroatoms. The van der Waals surface area contributed by atoms with Crippen molar-refractivity contribution in [3.05, 3.63) is 34.2 Å². The molecule has 0 atom stereocenters. The van der Waals surface area contributed by atoms with E-state index >= 15 is 0 Å². The van der Waals surface area contributed by atoms with Crippen LogP contribution in [0.3, 0.4) is 0 Å². The fourth-order valence-corrected chi connectivity index (χ4v) is 2.84. The SMILES string of the molecule is Cc1sc2c(C)cccc2c1CN. The number of fused-ring (bicyclic) bond motifs is 1. The topological polar surface area (TPSA) is 26.0 Å². The van der Waals surface area contributed by atoms with Gasteiger partial charge in [0.25, 0.3) is 0 Å². The Hall–Kier alpha value is -0.860. The first-order chi connectivity index (χ1) is 6.24. The maximum Gasteiger partial charge on any atom is 0.0378 e. The molecule has 0 radical (unpaired) electrons. The Labute approximate surface area is 82.2 Å². The van der Waals surface area contributed by atoms with Crippen molar-refractivity contribution in [2.45, 2.75) is 20.4 Å². The van der Waals surface area contributed by atoms with Crippen LogP contribution in [0.15, 0.2) is 18.2 Å². The predicted molar refractivity (Wildman–Crippen MR) is 59.2 cm³/mol. The smallest absolute Gasteiger partial charge is 0.0378 e. The maximum atomic E-state index is 5.72. The number of hydrogen-bond acceptors (Lipinski definition) is 2. The molecule has 13 heavy (non-hydrogen) atoms. The number of benzene rings is 1. The summed E-state index contributed by atoms with van der Waals surface area (Å²) in [6.45, 7) is 4.94. The first kappa shape index (κ1) is 8.73. The normalized spacial score (nSPS) is 11.0. The number of aryl methyl sites for hydroxylation is 2. The fourth-order valence-electron chi connectivity index (χ4n) is 1.68. The van der Waals surface area contributed by atoms with Crippen molar-refractivity contribution >= 4 is 21.4 Å². The van der Waals surface area contributed by atoms with Gasteiger partial charge in [0.2, 0.25) is 0 Å². The molecule has 0 aliphatic carbocycles. The lowest BCUT2D eigenvalue weighted by atomic mass is 10.1. The largest absolute Gasteiger partial charge is 0.326 e. The van der Waals surface area contributed by atoms with Gasteiger partial charge in [-0.1, -0.05) is 18.2 Å². The predicted octanol–water partition coefficient (Wildman–Crippen LogP) is 2.98. The Balaban J connectivity index is 2.86. The highest BCUT2D eigenvalue weighted by molar-refractivity contribution is 7.19. The Kier molecular flexibility index (Phi) is 2.10. The van der Waals surface area contributed by atoms with E-state index in [0.717, 1.165) is 0 Å². The molecule has 1 aromatic heterocycles. The fraction of sp³-hybridized carbons (Fsp3) is 0.273. The van der Waals surface area contributed by atoms with E-state index in [-0.39, 0.29) is 0 Å². The third kappa shape index (κ3) is 1.26. The first-order valence-corrected chi connectivity index (χ1v) is 5.23. The molecule has 1 heterocycles. The zero-order valence-electron chi connectivity index (χ0n) is 7.92. The molecule has 0 bridgehead atoms. The van der Waals surface area contributed by atoms with E-state index in [1.807, 2.05) is 11.3 Å². The maximum absolute atomic E-state index is 5.72. The van der Waals surface area contributed by atoms with Gasteiger partial charge in [-0.2, -0.15) is 0 Å². The Morgan fingerprint density at radius 3 is 2.77 bits per heavy atom. The van der Waals surface area contributed by atoms with E-state index < -0.39 is 0 Å². The molecule has 1 nitrogen and oxygen atoms in total. The lowest BCUT2D eigenvalue weighted by molar-refractivity contribution is 1.08. The zero-order valence-corrected chi connectivity index (χ0v) is 8.74. The van der Waals surface area contributed by atoms with Crippen LogP contribution in [0, 0.1) is 13.8 Å². The van der Waals surface area contributed by atoms with Crippen molar-refractivity contribution in [1.82, 2.24) is 0 Å². The molecule has 0 saturated heterocycles. The number of nitrogens with two attached hydrogens (primary N) is 1. The molecule has 1 aromatic carbocycles. The number of hydrogen-bond donors (Lipinski definition) is 1. The summed E-state index contributed by atoms with van der Waals surface area (Å²) in [4.78, 5) is 1.35. The van der Waals surface area contributed by atoms with Gasteiger partial charge < -0.3 is 5.73 Å². The second-order valence-corrected chi connectivity index (χ2v) is 4.52. The van der Waals surface area contributed by atoms with Gasteiger partial charge in [-0.05, 0) is 30.4 Å². The van der Waals surface area contributed by atoms with E-state index in [9.17, 15) is 0 Å². The summed E-state index contributed by atoms with van der Waals surface area (Å²) < 4.78 is 1.39. The Morgan fingerprint density at radius 1 is 1.31 bits per heavy atom. The van der Waals surface area contributed by atoms with Gasteiger partial charge in [-0.15, -0.1) is 11.3 Å². The molecule has 68 valence electrons. The second kappa shape index (κ2) is 3.13. The van der Waals surface area contributed by atoms with Gasteiger partial charge in [0.15, 0.2) is 0 Å². The highest BCUT2D eigenvalue weighted by Gasteiger charge is 2.07. The molecule has 2 N–H and O–H groups in total. The van der Waals surface area contributed by atoms with Crippen LogP contribution < -0.4 is 5.73 Å². The van der Waals surface area contributed by atoms with E-state index in [4.69, 9.17) is 5.73 Å². The van der Waals surface area contributed by atoms with Crippen LogP contribution in [0.1, 0.15) is 16.0 Å². The lowest BCUT2D eigenvalue weighted by Gasteiger charge is -1.96. The van der Waals surface area contributed by atoms with Crippen molar-refractivity contribution in [2.24, 2.45) is 5.73 Å². The van der Waals surface area contributed by atoms with Crippen LogP contribution >= 0.6 is 11.3 Å². The molecule has 0 aliphatic rings. The number of thiophene rings is 1. The number of rotatable bonds is 1. The van der Waals surface area contributed by atoms with Crippen molar-refractivity contribution in [3.63, 3.8) is 0 Å². The molecule has 0 spiro atoms. The van der Waals surface area contributed by atoms with E-state index in [1.54, 1.807) is 0 Å². The van der Waals surface area contributed by atoms with Gasteiger partial charge in [0.1, 0.15) is 0 Å². The van der Waals surface area contributed by atoms with Crippen molar-refractivity contribution in [2.75, 3.05) is 0 Å². The molecule has 0 saturated carbocycles. The first-order valence-electron chi connectivity index (χ1n) is 4.41. The molecular weight excluding hydrogens is 178 g/mol. The molecule has 2 aromatic rings. The Morgan fingerprint density at radius 2 is 2.08 bits per heavy atom. The summed E-state index contributed by atoms with van der Waals surface area (Å²) in [6, 6.07) is 6.41. The zero-order chi connectivity index (χ0) is 9.42. The monoisotopic (exact) mass is 191 g/mol. The summed E-state index contributed by atoms with van der Waals surface area (Å²) in [5.74, 6) is 0. The van der Waals surface area contributed by atoms with Gasteiger partial charge in [-0.3, -0.25) is 0 Å². The average molecular weight is 191 g/mol. The summed E-state index contributed by atoms with van der Waals surface area (Å²) in [5, 5.41) is 1.34. The summed E-state index contributed by atoms with van der Waals surface area (Å²) in [5.41, 5.74) is 8.38. The van der Waals surface area contributed by atoms with Crippen LogP contribution in [0.2, 0.25) is 0 Å². The van der Waals surface area contributed by atoms with E-state index in [0.29, 0.717) is 6.54 Å². The van der Waals surface area contributed by atoms with Crippen molar-refractivity contribution < 1.29 is 0 Å². The van der Waals surface area contributed by atoms with Crippen LogP contribution in [0.4, 0.5) is 0 Å². The van der Waals surface area contributed by atoms with Crippen LogP contribution in [-0.2, 0) is 6.54 Å². The highest BCUT2D eigenvalue weighted by Crippen LogP contribution is 2.32. The van der Waals surface area contributed by atoms with Crippen molar-refractivity contribution in [1.29, 1.82) is 0 Å². The summed E-state index contributed by atoms with van der Waals surface area (Å²) in [7, 11) is 0. The third-order valence-electron chi connectivity index (χ3n) is 2.42. The van der Waals surface area contributed by atoms with Crippen LogP contribution in [0.5, 0.6) is 0 Å². The molecule has 0 aliphatic heterocycles. The van der Waals surface area contributed by atoms with Gasteiger partial charge in [0.05, 0.1) is 0 Å². The average Bonchev–Trinajstić information content (AvgIpc) is 2.43. The van der Waals surface area contributed by atoms with E-state index in [1.165, 1.54) is 26.1 Å². The molecular formula is C11H13NS. The molecule has 0 fully saturated rings. The van der Waals surface area contributed by atoms with Crippen molar-refractivity contribution in [3.8, 4) is 0 Å². The molecule has 0 amide bonds. The quantitative estimate of drug-likeness (QED) is 0.736. The molecule has 0 unspecified atom stereocenters. The summed E-state index contributed by atoms with van der Waals surface area (Å²) in [6.07, 6.45) is 0. The molecule has 2 rings (SSSR count). The van der Waals surface area contributed by atoms with E-state index in [2.05, 4.69) is 32.0 Å². The second-order valence-electron chi connectivity index (χ2n) is 3.29.